The van der Waals surface area contributed by atoms with E-state index < -0.39 is 11.7 Å². The number of benzene rings is 1. The van der Waals surface area contributed by atoms with Crippen molar-refractivity contribution in [3.63, 3.8) is 0 Å². The number of pyridine rings is 1. The van der Waals surface area contributed by atoms with Crippen LogP contribution in [0.2, 0.25) is 0 Å². The van der Waals surface area contributed by atoms with Crippen LogP contribution >= 0.6 is 11.8 Å². The first-order chi connectivity index (χ1) is 13.2. The zero-order valence-electron chi connectivity index (χ0n) is 14.2. The van der Waals surface area contributed by atoms with E-state index in [1.54, 1.807) is 24.3 Å². The zero-order valence-corrected chi connectivity index (χ0v) is 15.0. The third kappa shape index (κ3) is 3.29. The number of Topliss-reactive ketones (excluding diaryl/α,β-unsaturated/α-hetero) is 1. The molecule has 7 nitrogen and oxygen atoms in total. The number of rotatable bonds is 5. The van der Waals surface area contributed by atoms with Crippen molar-refractivity contribution >= 4 is 17.5 Å². The Labute approximate surface area is 159 Å². The van der Waals surface area contributed by atoms with Gasteiger partial charge in [0.05, 0.1) is 16.6 Å². The van der Waals surface area contributed by atoms with E-state index in [4.69, 9.17) is 0 Å². The van der Waals surface area contributed by atoms with E-state index in [2.05, 4.69) is 20.8 Å². The molecule has 0 amide bonds. The number of ketones is 1. The molecule has 0 bridgehead atoms. The van der Waals surface area contributed by atoms with E-state index >= 15 is 0 Å². The van der Waals surface area contributed by atoms with Gasteiger partial charge in [-0.1, -0.05) is 30.0 Å². The molecule has 2 aromatic heterocycles. The van der Waals surface area contributed by atoms with Crippen molar-refractivity contribution < 1.29 is 19.1 Å². The lowest BCUT2D eigenvalue weighted by molar-refractivity contribution is -0.672. The number of para-hydroxylation sites is 1. The topological polar surface area (TPSA) is 107 Å². The summed E-state index contributed by atoms with van der Waals surface area (Å²) in [6.45, 7) is 0. The van der Waals surface area contributed by atoms with Gasteiger partial charge in [0, 0.05) is 17.8 Å². The third-order valence-corrected chi connectivity index (χ3v) is 5.34. The molecule has 0 radical (unpaired) electrons. The summed E-state index contributed by atoms with van der Waals surface area (Å²) in [4.78, 5) is 17.2. The monoisotopic (exact) mass is 378 g/mol. The maximum absolute atomic E-state index is 12.7. The van der Waals surface area contributed by atoms with Gasteiger partial charge < -0.3 is 9.63 Å². The van der Waals surface area contributed by atoms with Gasteiger partial charge >= 0.3 is 5.69 Å². The van der Waals surface area contributed by atoms with E-state index in [9.17, 15) is 15.2 Å². The molecule has 2 heterocycles. The minimum absolute atomic E-state index is 0.0379. The summed E-state index contributed by atoms with van der Waals surface area (Å²) in [7, 11) is 0. The first-order valence-electron chi connectivity index (χ1n) is 8.40. The number of hydrogen-bond donors (Lipinski definition) is 0. The van der Waals surface area contributed by atoms with Gasteiger partial charge in [0.15, 0.2) is 5.95 Å². The number of carbonyl (C=O) groups excluding carboxylic acids is 1. The first kappa shape index (κ1) is 17.2. The second-order valence-corrected chi connectivity index (χ2v) is 7.04. The van der Waals surface area contributed by atoms with Gasteiger partial charge in [-0.15, -0.1) is 0 Å². The van der Waals surface area contributed by atoms with Gasteiger partial charge in [-0.25, -0.2) is 4.98 Å². The molecule has 0 atom stereocenters. The summed E-state index contributed by atoms with van der Waals surface area (Å²) in [6.07, 6.45) is 2.84. The Balaban J connectivity index is 1.58. The van der Waals surface area contributed by atoms with Crippen LogP contribution in [0.5, 0.6) is 5.95 Å². The van der Waals surface area contributed by atoms with Crippen molar-refractivity contribution in [2.45, 2.75) is 24.3 Å². The van der Waals surface area contributed by atoms with Crippen LogP contribution < -0.4 is 9.79 Å². The molecule has 0 unspecified atom stereocenters. The average molecular weight is 378 g/mol. The number of hydrogen-bond acceptors (Lipinski definition) is 7. The highest BCUT2D eigenvalue weighted by Crippen LogP contribution is 2.28. The summed E-state index contributed by atoms with van der Waals surface area (Å²) >= 11 is 1.15. The fourth-order valence-corrected chi connectivity index (χ4v) is 3.91. The van der Waals surface area contributed by atoms with Crippen molar-refractivity contribution in [2.24, 2.45) is 0 Å². The Kier molecular flexibility index (Phi) is 4.60. The molecule has 27 heavy (non-hydrogen) atoms. The summed E-state index contributed by atoms with van der Waals surface area (Å²) in [5.74, 6) is -1.25. The Morgan fingerprint density at radius 2 is 2.15 bits per heavy atom. The molecule has 0 fully saturated rings. The summed E-state index contributed by atoms with van der Waals surface area (Å²) in [6, 6.07) is 12.8. The van der Waals surface area contributed by atoms with Crippen LogP contribution in [0.25, 0.3) is 5.69 Å². The molecule has 0 N–H and O–H groups in total. The van der Waals surface area contributed by atoms with Crippen molar-refractivity contribution in [3.05, 3.63) is 58.9 Å². The number of nitriles is 1. The summed E-state index contributed by atoms with van der Waals surface area (Å²) < 4.78 is 5.89. The number of nitrogens with zero attached hydrogens (tertiary/aromatic N) is 4. The van der Waals surface area contributed by atoms with Gasteiger partial charge in [-0.3, -0.25) is 4.79 Å². The lowest BCUT2D eigenvalue weighted by atomic mass is 10.2. The second-order valence-electron chi connectivity index (χ2n) is 6.08. The van der Waals surface area contributed by atoms with Crippen LogP contribution in [0, 0.1) is 11.3 Å². The van der Waals surface area contributed by atoms with E-state index in [0.717, 1.165) is 42.3 Å². The zero-order chi connectivity index (χ0) is 18.8. The fraction of sp³-hybridized carbons (Fsp3) is 0.211. The van der Waals surface area contributed by atoms with Crippen LogP contribution in [0.4, 0.5) is 0 Å². The quantitative estimate of drug-likeness (QED) is 0.378. The van der Waals surface area contributed by atoms with Crippen LogP contribution in [0.1, 0.15) is 33.7 Å². The van der Waals surface area contributed by atoms with Gasteiger partial charge in [0.2, 0.25) is 11.5 Å². The highest BCUT2D eigenvalue weighted by molar-refractivity contribution is 8.00. The number of fused-ring (bicyclic) bond motifs is 1. The van der Waals surface area contributed by atoms with Gasteiger partial charge in [0.1, 0.15) is 11.1 Å². The maximum atomic E-state index is 12.7. The molecular weight excluding hydrogens is 364 g/mol. The molecule has 1 aliphatic carbocycles. The Morgan fingerprint density at radius 3 is 2.93 bits per heavy atom. The molecule has 0 saturated heterocycles. The van der Waals surface area contributed by atoms with E-state index in [-0.39, 0.29) is 11.4 Å². The molecule has 1 aliphatic rings. The van der Waals surface area contributed by atoms with Crippen LogP contribution in [0.3, 0.4) is 0 Å². The van der Waals surface area contributed by atoms with Crippen molar-refractivity contribution in [1.82, 2.24) is 10.3 Å². The Morgan fingerprint density at radius 1 is 1.33 bits per heavy atom. The lowest BCUT2D eigenvalue weighted by Gasteiger charge is -2.05. The van der Waals surface area contributed by atoms with Crippen LogP contribution in [-0.2, 0) is 12.8 Å². The number of aryl methyl sites for hydroxylation is 2. The van der Waals surface area contributed by atoms with E-state index in [1.807, 2.05) is 12.1 Å². The summed E-state index contributed by atoms with van der Waals surface area (Å²) in [5, 5.41) is 25.6. The third-order valence-electron chi connectivity index (χ3n) is 4.35. The predicted octanol–water partition coefficient (Wildman–Crippen LogP) is 1.76. The smallest absolute Gasteiger partial charge is 0.307 e. The van der Waals surface area contributed by atoms with E-state index in [1.165, 1.54) is 4.68 Å². The molecule has 0 spiro atoms. The molecule has 8 heteroatoms. The minimum atomic E-state index is -0.785. The Hall–Kier alpha value is -3.18. The standard InChI is InChI=1S/C19H14N4O3S/c20-10-13-9-12-5-4-8-15(12)21-18(13)27-11-16(24)17-19(25)26-22-23(17)14-6-2-1-3-7-14/h1-3,6-7,9H,4-5,8,11H2. The molecule has 0 saturated carbocycles. The number of thioether (sulfide) groups is 1. The second kappa shape index (κ2) is 7.21. The van der Waals surface area contributed by atoms with Gasteiger partial charge in [0.25, 0.3) is 0 Å². The molecule has 134 valence electrons. The van der Waals surface area contributed by atoms with Crippen molar-refractivity contribution in [3.8, 4) is 17.7 Å². The summed E-state index contributed by atoms with van der Waals surface area (Å²) in [5.41, 5.74) is 2.96. The highest BCUT2D eigenvalue weighted by atomic mass is 32.2. The van der Waals surface area contributed by atoms with Crippen LogP contribution in [0.15, 0.2) is 45.9 Å². The maximum Gasteiger partial charge on any atom is 0.307 e. The molecule has 1 aromatic carbocycles. The van der Waals surface area contributed by atoms with E-state index in [0.29, 0.717) is 16.3 Å². The van der Waals surface area contributed by atoms with Crippen LogP contribution in [-0.4, -0.2) is 21.8 Å². The first-order valence-corrected chi connectivity index (χ1v) is 9.39. The van der Waals surface area contributed by atoms with Gasteiger partial charge in [-0.2, -0.15) is 5.26 Å². The highest BCUT2D eigenvalue weighted by Gasteiger charge is 2.28. The lowest BCUT2D eigenvalue weighted by Crippen LogP contribution is -2.39. The number of carbonyl (C=O) groups is 1. The fourth-order valence-electron chi connectivity index (χ4n) is 3.07. The Bertz CT molecular complexity index is 1060. The minimum Gasteiger partial charge on any atom is -0.539 e. The van der Waals surface area contributed by atoms with Crippen molar-refractivity contribution in [1.29, 1.82) is 5.26 Å². The largest absolute Gasteiger partial charge is 0.539 e. The molecule has 4 rings (SSSR count). The normalized spacial score (nSPS) is 12.6. The molecule has 0 aliphatic heterocycles. The van der Waals surface area contributed by atoms with Gasteiger partial charge in [-0.05, 0) is 35.6 Å². The van der Waals surface area contributed by atoms with Crippen molar-refractivity contribution in [2.75, 3.05) is 5.75 Å². The predicted molar refractivity (Wildman–Crippen MR) is 93.5 cm³/mol. The number of aromatic nitrogens is 3. The SMILES string of the molecule is N#Cc1cc2c(nc1SCC(=O)c1c([O-])on[n+]1-c1ccccc1)CCC2. The molecule has 3 aromatic rings. The molecular formula is C19H14N4O3S. The average Bonchev–Trinajstić information content (AvgIpc) is 3.31.